The van der Waals surface area contributed by atoms with Crippen LogP contribution in [0.2, 0.25) is 0 Å². The zero-order valence-corrected chi connectivity index (χ0v) is 10.7. The average Bonchev–Trinajstić information content (AvgIpc) is 3.08. The quantitative estimate of drug-likeness (QED) is 0.697. The zero-order chi connectivity index (χ0) is 12.1. The molecule has 2 rings (SSSR count). The van der Waals surface area contributed by atoms with Gasteiger partial charge in [0, 0.05) is 31.5 Å². The molecule has 0 saturated heterocycles. The molecular formula is C13H23N3O. The summed E-state index contributed by atoms with van der Waals surface area (Å²) in [4.78, 5) is 11.9. The molecule has 0 spiro atoms. The fourth-order valence-electron chi connectivity index (χ4n) is 2.04. The molecule has 0 aromatic carbocycles. The van der Waals surface area contributed by atoms with Crippen molar-refractivity contribution in [3.63, 3.8) is 0 Å². The molecule has 1 fully saturated rings. The normalized spacial score (nSPS) is 15.4. The van der Waals surface area contributed by atoms with Crippen LogP contribution in [0, 0.1) is 0 Å². The molecule has 17 heavy (non-hydrogen) atoms. The van der Waals surface area contributed by atoms with Gasteiger partial charge in [0.15, 0.2) is 0 Å². The van der Waals surface area contributed by atoms with Gasteiger partial charge in [0.1, 0.15) is 0 Å². The first kappa shape index (κ1) is 12.4. The number of nitrogens with zero attached hydrogens (tertiary/aromatic N) is 2. The molecule has 1 heterocycles. The number of unbranched alkanes of at least 4 members (excludes halogenated alkanes) is 1. The van der Waals surface area contributed by atoms with E-state index in [1.807, 2.05) is 17.0 Å². The van der Waals surface area contributed by atoms with Gasteiger partial charge in [0.2, 0.25) is 0 Å². The third-order valence-electron chi connectivity index (χ3n) is 3.22. The van der Waals surface area contributed by atoms with Gasteiger partial charge in [-0.25, -0.2) is 4.79 Å². The lowest BCUT2D eigenvalue weighted by Gasteiger charge is -2.03. The van der Waals surface area contributed by atoms with Crippen LogP contribution in [-0.4, -0.2) is 21.7 Å². The Balaban J connectivity index is 1.68. The summed E-state index contributed by atoms with van der Waals surface area (Å²) in [7, 11) is 0. The van der Waals surface area contributed by atoms with Crippen molar-refractivity contribution in [2.45, 2.75) is 58.2 Å². The molecule has 0 bridgehead atoms. The molecule has 1 aromatic rings. The van der Waals surface area contributed by atoms with Gasteiger partial charge in [-0.1, -0.05) is 6.92 Å². The second-order valence-corrected chi connectivity index (χ2v) is 4.90. The molecule has 0 amide bonds. The van der Waals surface area contributed by atoms with Crippen LogP contribution in [0.3, 0.4) is 0 Å². The highest BCUT2D eigenvalue weighted by Crippen LogP contribution is 2.18. The Kier molecular flexibility index (Phi) is 4.42. The minimum absolute atomic E-state index is 0.141. The van der Waals surface area contributed by atoms with Crippen LogP contribution in [0.15, 0.2) is 17.2 Å². The van der Waals surface area contributed by atoms with Gasteiger partial charge < -0.3 is 5.32 Å². The fraction of sp³-hybridized carbons (Fsp3) is 0.769. The molecule has 0 radical (unpaired) electrons. The van der Waals surface area contributed by atoms with Crippen molar-refractivity contribution < 1.29 is 0 Å². The van der Waals surface area contributed by atoms with Crippen molar-refractivity contribution in [3.05, 3.63) is 22.9 Å². The van der Waals surface area contributed by atoms with E-state index in [-0.39, 0.29) is 5.69 Å². The Morgan fingerprint density at radius 2 is 1.94 bits per heavy atom. The molecule has 0 unspecified atom stereocenters. The SMILES string of the molecule is CCCn1ccn(CCCCNC2CC2)c1=O. The second kappa shape index (κ2) is 6.05. The number of aryl methyl sites for hydroxylation is 2. The van der Waals surface area contributed by atoms with Crippen molar-refractivity contribution in [2.75, 3.05) is 6.54 Å². The van der Waals surface area contributed by atoms with E-state index in [0.717, 1.165) is 44.9 Å². The van der Waals surface area contributed by atoms with Gasteiger partial charge in [-0.2, -0.15) is 0 Å². The molecule has 0 aliphatic heterocycles. The summed E-state index contributed by atoms with van der Waals surface area (Å²) in [6.07, 6.45) is 9.74. The lowest BCUT2D eigenvalue weighted by Crippen LogP contribution is -2.24. The zero-order valence-electron chi connectivity index (χ0n) is 10.7. The molecule has 1 aromatic heterocycles. The first-order chi connectivity index (χ1) is 8.31. The summed E-state index contributed by atoms with van der Waals surface area (Å²) in [5.74, 6) is 0. The molecule has 4 nitrogen and oxygen atoms in total. The average molecular weight is 237 g/mol. The van der Waals surface area contributed by atoms with Crippen LogP contribution in [0.4, 0.5) is 0 Å². The van der Waals surface area contributed by atoms with Gasteiger partial charge in [0.25, 0.3) is 0 Å². The molecular weight excluding hydrogens is 214 g/mol. The van der Waals surface area contributed by atoms with Crippen molar-refractivity contribution >= 4 is 0 Å². The van der Waals surface area contributed by atoms with Crippen molar-refractivity contribution in [3.8, 4) is 0 Å². The number of hydrogen-bond acceptors (Lipinski definition) is 2. The summed E-state index contributed by atoms with van der Waals surface area (Å²) in [5.41, 5.74) is 0.141. The summed E-state index contributed by atoms with van der Waals surface area (Å²) in [6.45, 7) is 4.86. The van der Waals surface area contributed by atoms with Crippen molar-refractivity contribution in [1.82, 2.24) is 14.5 Å². The molecule has 1 aliphatic carbocycles. The van der Waals surface area contributed by atoms with E-state index in [1.54, 1.807) is 4.57 Å². The minimum Gasteiger partial charge on any atom is -0.314 e. The monoisotopic (exact) mass is 237 g/mol. The van der Waals surface area contributed by atoms with Gasteiger partial charge in [0.05, 0.1) is 0 Å². The smallest absolute Gasteiger partial charge is 0.314 e. The van der Waals surface area contributed by atoms with Gasteiger partial charge in [-0.3, -0.25) is 9.13 Å². The maximum Gasteiger partial charge on any atom is 0.328 e. The van der Waals surface area contributed by atoms with Crippen LogP contribution in [-0.2, 0) is 13.1 Å². The van der Waals surface area contributed by atoms with Gasteiger partial charge in [-0.15, -0.1) is 0 Å². The predicted molar refractivity (Wildman–Crippen MR) is 69.2 cm³/mol. The molecule has 1 aliphatic rings. The number of aromatic nitrogens is 2. The number of hydrogen-bond donors (Lipinski definition) is 1. The first-order valence-electron chi connectivity index (χ1n) is 6.80. The standard InChI is InChI=1S/C13H23N3O/c1-2-8-15-10-11-16(13(15)17)9-4-3-7-14-12-5-6-12/h10-12,14H,2-9H2,1H3. The van der Waals surface area contributed by atoms with E-state index in [9.17, 15) is 4.79 Å². The third kappa shape index (κ3) is 3.73. The fourth-order valence-corrected chi connectivity index (χ4v) is 2.04. The maximum absolute atomic E-state index is 11.9. The number of nitrogens with one attached hydrogen (secondary N) is 1. The van der Waals surface area contributed by atoms with E-state index in [4.69, 9.17) is 0 Å². The van der Waals surface area contributed by atoms with Crippen LogP contribution >= 0.6 is 0 Å². The maximum atomic E-state index is 11.9. The van der Waals surface area contributed by atoms with Crippen LogP contribution in [0.5, 0.6) is 0 Å². The Morgan fingerprint density at radius 1 is 1.24 bits per heavy atom. The van der Waals surface area contributed by atoms with E-state index in [0.29, 0.717) is 0 Å². The Morgan fingerprint density at radius 3 is 2.59 bits per heavy atom. The van der Waals surface area contributed by atoms with Crippen molar-refractivity contribution in [1.29, 1.82) is 0 Å². The Hall–Kier alpha value is -1.03. The molecule has 4 heteroatoms. The molecule has 0 atom stereocenters. The Labute approximate surface area is 103 Å². The first-order valence-corrected chi connectivity index (χ1v) is 6.80. The topological polar surface area (TPSA) is 39.0 Å². The van der Waals surface area contributed by atoms with Crippen molar-refractivity contribution in [2.24, 2.45) is 0 Å². The Bertz CT molecular complexity index is 390. The van der Waals surface area contributed by atoms with Crippen LogP contribution < -0.4 is 11.0 Å². The summed E-state index contributed by atoms with van der Waals surface area (Å²) >= 11 is 0. The van der Waals surface area contributed by atoms with Crippen LogP contribution in [0.1, 0.15) is 39.0 Å². The summed E-state index contributed by atoms with van der Waals surface area (Å²) in [6, 6.07) is 0.795. The van der Waals surface area contributed by atoms with E-state index >= 15 is 0 Å². The van der Waals surface area contributed by atoms with Gasteiger partial charge >= 0.3 is 5.69 Å². The second-order valence-electron chi connectivity index (χ2n) is 4.90. The highest BCUT2D eigenvalue weighted by atomic mass is 16.1. The van der Waals surface area contributed by atoms with Crippen LogP contribution in [0.25, 0.3) is 0 Å². The third-order valence-corrected chi connectivity index (χ3v) is 3.22. The van der Waals surface area contributed by atoms with E-state index in [1.165, 1.54) is 12.8 Å². The summed E-state index contributed by atoms with van der Waals surface area (Å²) < 4.78 is 3.62. The largest absolute Gasteiger partial charge is 0.328 e. The predicted octanol–water partition coefficient (Wildman–Crippen LogP) is 1.59. The van der Waals surface area contributed by atoms with Gasteiger partial charge in [-0.05, 0) is 38.6 Å². The lowest BCUT2D eigenvalue weighted by atomic mass is 10.3. The molecule has 1 N–H and O–H groups in total. The van der Waals surface area contributed by atoms with E-state index < -0.39 is 0 Å². The minimum atomic E-state index is 0.141. The molecule has 96 valence electrons. The number of imidazole rings is 1. The van der Waals surface area contributed by atoms with E-state index in [2.05, 4.69) is 12.2 Å². The molecule has 1 saturated carbocycles. The number of rotatable bonds is 8. The summed E-state index contributed by atoms with van der Waals surface area (Å²) in [5, 5.41) is 3.49. The highest BCUT2D eigenvalue weighted by Gasteiger charge is 2.19. The lowest BCUT2D eigenvalue weighted by molar-refractivity contribution is 0.544. The highest BCUT2D eigenvalue weighted by molar-refractivity contribution is 4.82.